The zero-order chi connectivity index (χ0) is 15.6. The minimum atomic E-state index is -3.49. The van der Waals surface area contributed by atoms with Crippen LogP contribution >= 0.6 is 10.3 Å². The Bertz CT molecular complexity index is 375. The normalized spacial score (nSPS) is 13.4. The Morgan fingerprint density at radius 3 is 2.10 bits per heavy atom. The number of hydrogen-bond acceptors (Lipinski definition) is 4. The molecule has 0 saturated heterocycles. The molecular weight excluding hydrogens is 296 g/mol. The molecule has 0 unspecified atom stereocenters. The van der Waals surface area contributed by atoms with Gasteiger partial charge < -0.3 is 0 Å². The van der Waals surface area contributed by atoms with Crippen molar-refractivity contribution in [2.24, 2.45) is 0 Å². The number of carbonyl (C=O) groups is 1. The van der Waals surface area contributed by atoms with Crippen molar-refractivity contribution in [3.05, 3.63) is 0 Å². The summed E-state index contributed by atoms with van der Waals surface area (Å²) in [4.78, 5) is 11.9. The molecule has 0 aliphatic carbocycles. The molecule has 122 valence electrons. The standard InChI is InChI=1S/C14H30O4S2/c1-5-7-9-10-11-14(15)13-19(3,4)18-20(16,17)12-8-6-2/h5-13H2,1-4H3. The van der Waals surface area contributed by atoms with E-state index < -0.39 is 20.4 Å². The Morgan fingerprint density at radius 2 is 1.55 bits per heavy atom. The van der Waals surface area contributed by atoms with Crippen LogP contribution in [0, 0.1) is 0 Å². The van der Waals surface area contributed by atoms with Gasteiger partial charge >= 0.3 is 0 Å². The van der Waals surface area contributed by atoms with Gasteiger partial charge in [0.25, 0.3) is 10.1 Å². The van der Waals surface area contributed by atoms with Gasteiger partial charge in [0, 0.05) is 6.42 Å². The van der Waals surface area contributed by atoms with E-state index in [2.05, 4.69) is 6.92 Å². The minimum absolute atomic E-state index is 0.0463. The molecule has 0 radical (unpaired) electrons. The number of unbranched alkanes of at least 4 members (excludes halogenated alkanes) is 4. The van der Waals surface area contributed by atoms with Crippen LogP contribution in [-0.2, 0) is 18.5 Å². The van der Waals surface area contributed by atoms with Gasteiger partial charge in [-0.15, -0.1) is 10.3 Å². The lowest BCUT2D eigenvalue weighted by Gasteiger charge is -2.29. The van der Waals surface area contributed by atoms with Gasteiger partial charge in [0.2, 0.25) is 0 Å². The second-order valence-electron chi connectivity index (χ2n) is 5.61. The first kappa shape index (κ1) is 19.9. The van der Waals surface area contributed by atoms with Gasteiger partial charge in [0.1, 0.15) is 5.78 Å². The maximum absolute atomic E-state index is 11.9. The third-order valence-corrected chi connectivity index (χ3v) is 6.96. The highest BCUT2D eigenvalue weighted by molar-refractivity contribution is 8.32. The molecule has 6 heteroatoms. The number of hydrogen-bond donors (Lipinski definition) is 0. The van der Waals surface area contributed by atoms with Crippen molar-refractivity contribution in [3.8, 4) is 0 Å². The molecule has 0 rings (SSSR count). The SMILES string of the molecule is CCCCCCC(=O)CS(C)(C)OS(=O)(=O)CCCC. The van der Waals surface area contributed by atoms with Gasteiger partial charge in [-0.25, -0.2) is 3.63 Å². The Hall–Kier alpha value is -0.0700. The smallest absolute Gasteiger partial charge is 0.276 e. The van der Waals surface area contributed by atoms with Gasteiger partial charge in [-0.05, 0) is 25.4 Å². The molecule has 4 nitrogen and oxygen atoms in total. The molecule has 0 amide bonds. The summed E-state index contributed by atoms with van der Waals surface area (Å²) in [6, 6.07) is 0. The molecule has 0 aromatic heterocycles. The maximum atomic E-state index is 11.9. The summed E-state index contributed by atoms with van der Waals surface area (Å²) in [5.74, 6) is 0.404. The topological polar surface area (TPSA) is 60.4 Å². The Kier molecular flexibility index (Phi) is 9.76. The van der Waals surface area contributed by atoms with E-state index in [-0.39, 0.29) is 17.3 Å². The first-order valence-corrected chi connectivity index (χ1v) is 11.5. The van der Waals surface area contributed by atoms with Crippen LogP contribution in [0.5, 0.6) is 0 Å². The molecule has 0 spiro atoms. The monoisotopic (exact) mass is 326 g/mol. The largest absolute Gasteiger partial charge is 0.299 e. The van der Waals surface area contributed by atoms with Crippen molar-refractivity contribution in [3.63, 3.8) is 0 Å². The average molecular weight is 327 g/mol. The average Bonchev–Trinajstić information content (AvgIpc) is 2.30. The molecule has 0 N–H and O–H groups in total. The van der Waals surface area contributed by atoms with Crippen molar-refractivity contribution in [2.75, 3.05) is 24.0 Å². The summed E-state index contributed by atoms with van der Waals surface area (Å²) < 4.78 is 28.8. The quantitative estimate of drug-likeness (QED) is 0.514. The summed E-state index contributed by atoms with van der Waals surface area (Å²) >= 11 is 0. The van der Waals surface area contributed by atoms with Crippen LogP contribution in [-0.4, -0.2) is 38.2 Å². The van der Waals surface area contributed by atoms with Crippen molar-refractivity contribution in [1.29, 1.82) is 0 Å². The predicted molar refractivity (Wildman–Crippen MR) is 87.9 cm³/mol. The van der Waals surface area contributed by atoms with E-state index in [0.29, 0.717) is 12.8 Å². The van der Waals surface area contributed by atoms with Crippen LogP contribution in [0.25, 0.3) is 0 Å². The zero-order valence-electron chi connectivity index (χ0n) is 13.3. The zero-order valence-corrected chi connectivity index (χ0v) is 14.9. The van der Waals surface area contributed by atoms with Gasteiger partial charge in [-0.3, -0.25) is 4.79 Å². The van der Waals surface area contributed by atoms with E-state index in [4.69, 9.17) is 3.63 Å². The summed E-state index contributed by atoms with van der Waals surface area (Å²) in [5.41, 5.74) is 0. The lowest BCUT2D eigenvalue weighted by atomic mass is 10.1. The number of ketones is 1. The van der Waals surface area contributed by atoms with Gasteiger partial charge in [0.15, 0.2) is 0 Å². The fourth-order valence-corrected chi connectivity index (χ4v) is 6.14. The second kappa shape index (κ2) is 9.79. The molecule has 0 aliphatic heterocycles. The summed E-state index contributed by atoms with van der Waals surface area (Å²) in [6.07, 6.45) is 9.70. The fraction of sp³-hybridized carbons (Fsp3) is 0.929. The highest BCUT2D eigenvalue weighted by Gasteiger charge is 2.24. The van der Waals surface area contributed by atoms with Crippen LogP contribution in [0.1, 0.15) is 58.8 Å². The lowest BCUT2D eigenvalue weighted by Crippen LogP contribution is -2.19. The minimum Gasteiger partial charge on any atom is -0.299 e. The van der Waals surface area contributed by atoms with Gasteiger partial charge in [-0.1, -0.05) is 39.5 Å². The predicted octanol–water partition coefficient (Wildman–Crippen LogP) is 3.65. The van der Waals surface area contributed by atoms with Crippen LogP contribution in [0.4, 0.5) is 0 Å². The van der Waals surface area contributed by atoms with Crippen molar-refractivity contribution in [2.45, 2.75) is 58.8 Å². The fourth-order valence-electron chi connectivity index (χ4n) is 1.87. The molecule has 0 aromatic carbocycles. The number of rotatable bonds is 12. The first-order chi connectivity index (χ1) is 9.22. The van der Waals surface area contributed by atoms with Gasteiger partial charge in [0.05, 0.1) is 11.5 Å². The molecular formula is C14H30O4S2. The Morgan fingerprint density at radius 1 is 0.950 bits per heavy atom. The van der Waals surface area contributed by atoms with E-state index in [1.165, 1.54) is 0 Å². The van der Waals surface area contributed by atoms with Crippen LogP contribution in [0.15, 0.2) is 0 Å². The highest BCUT2D eigenvalue weighted by atomic mass is 32.3. The summed E-state index contributed by atoms with van der Waals surface area (Å²) in [6.45, 7) is 4.07. The van der Waals surface area contributed by atoms with Crippen LogP contribution < -0.4 is 0 Å². The molecule has 20 heavy (non-hydrogen) atoms. The van der Waals surface area contributed by atoms with E-state index in [1.807, 2.05) is 6.92 Å². The summed E-state index contributed by atoms with van der Waals surface area (Å²) in [7, 11) is -5.34. The Balaban J connectivity index is 4.19. The molecule has 0 heterocycles. The first-order valence-electron chi connectivity index (χ1n) is 7.39. The van der Waals surface area contributed by atoms with E-state index in [9.17, 15) is 13.2 Å². The summed E-state index contributed by atoms with van der Waals surface area (Å²) in [5, 5.41) is 0. The number of carbonyl (C=O) groups excluding carboxylic acids is 1. The van der Waals surface area contributed by atoms with Crippen LogP contribution in [0.2, 0.25) is 0 Å². The maximum Gasteiger partial charge on any atom is 0.276 e. The third kappa shape index (κ3) is 10.7. The lowest BCUT2D eigenvalue weighted by molar-refractivity contribution is -0.116. The second-order valence-corrected chi connectivity index (χ2v) is 10.8. The third-order valence-electron chi connectivity index (χ3n) is 2.85. The molecule has 0 aromatic rings. The van der Waals surface area contributed by atoms with Crippen molar-refractivity contribution >= 4 is 26.2 Å². The van der Waals surface area contributed by atoms with Gasteiger partial charge in [-0.2, -0.15) is 8.42 Å². The van der Waals surface area contributed by atoms with E-state index in [1.54, 1.807) is 12.5 Å². The molecule has 0 aliphatic rings. The molecule has 0 fully saturated rings. The molecule has 0 saturated carbocycles. The molecule has 0 atom stereocenters. The van der Waals surface area contributed by atoms with E-state index >= 15 is 0 Å². The van der Waals surface area contributed by atoms with Crippen LogP contribution in [0.3, 0.4) is 0 Å². The molecule has 0 bridgehead atoms. The van der Waals surface area contributed by atoms with E-state index in [0.717, 1.165) is 32.1 Å². The highest BCUT2D eigenvalue weighted by Crippen LogP contribution is 2.43. The Labute approximate surface area is 126 Å². The van der Waals surface area contributed by atoms with Crippen molar-refractivity contribution < 1.29 is 16.8 Å². The number of Topliss-reactive ketones (excluding diaryl/α,β-unsaturated/α-hetero) is 1. The van der Waals surface area contributed by atoms with Crippen molar-refractivity contribution in [1.82, 2.24) is 0 Å².